The first-order chi connectivity index (χ1) is 14.8. The molecule has 3 saturated carbocycles. The molecule has 3 fully saturated rings. The molecule has 0 unspecified atom stereocenters. The van der Waals surface area contributed by atoms with Gasteiger partial charge < -0.3 is 14.9 Å². The maximum atomic E-state index is 17.0. The number of ether oxygens (including phenoxy) is 1. The second-order valence-electron chi connectivity index (χ2n) is 10.8. The largest absolute Gasteiger partial charge is 0.457 e. The lowest BCUT2D eigenvalue weighted by Gasteiger charge is -2.62. The van der Waals surface area contributed by atoms with Crippen LogP contribution in [0.3, 0.4) is 0 Å². The number of carbonyl (C=O) groups excluding carboxylic acids is 3. The number of rotatable bonds is 4. The fourth-order valence-corrected chi connectivity index (χ4v) is 7.10. The van der Waals surface area contributed by atoms with Gasteiger partial charge in [0, 0.05) is 16.7 Å². The molecule has 0 radical (unpaired) electrons. The van der Waals surface area contributed by atoms with Crippen LogP contribution in [0.4, 0.5) is 4.39 Å². The van der Waals surface area contributed by atoms with Crippen LogP contribution >= 0.6 is 0 Å². The Bertz CT molecular complexity index is 923. The van der Waals surface area contributed by atoms with E-state index in [4.69, 9.17) is 4.74 Å². The van der Waals surface area contributed by atoms with Crippen LogP contribution in [0.2, 0.25) is 0 Å². The molecular weight excluding hydrogens is 415 g/mol. The molecular formula is C25H33FO6. The van der Waals surface area contributed by atoms with Crippen molar-refractivity contribution in [2.45, 2.75) is 77.2 Å². The first kappa shape index (κ1) is 23.3. The minimum Gasteiger partial charge on any atom is -0.457 e. The number of carbonyl (C=O) groups is 3. The number of hydrogen-bond acceptors (Lipinski definition) is 6. The van der Waals surface area contributed by atoms with Crippen LogP contribution in [-0.4, -0.2) is 51.7 Å². The summed E-state index contributed by atoms with van der Waals surface area (Å²) in [4.78, 5) is 36.8. The number of aliphatic hydroxyl groups is 2. The molecule has 6 nitrogen and oxygen atoms in total. The van der Waals surface area contributed by atoms with Gasteiger partial charge in [0.05, 0.1) is 12.0 Å². The summed E-state index contributed by atoms with van der Waals surface area (Å²) in [6.45, 7) is 6.27. The van der Waals surface area contributed by atoms with E-state index >= 15 is 4.39 Å². The van der Waals surface area contributed by atoms with E-state index in [1.807, 2.05) is 0 Å². The molecule has 7 atom stereocenters. The highest BCUT2D eigenvalue weighted by Gasteiger charge is 2.74. The van der Waals surface area contributed by atoms with Gasteiger partial charge in [-0.25, -0.2) is 4.39 Å². The molecule has 0 bridgehead atoms. The zero-order chi connectivity index (χ0) is 23.7. The number of halogens is 1. The van der Waals surface area contributed by atoms with Crippen LogP contribution in [0.25, 0.3) is 0 Å². The van der Waals surface area contributed by atoms with Crippen molar-refractivity contribution in [2.24, 2.45) is 28.6 Å². The maximum Gasteiger partial charge on any atom is 0.308 e. The van der Waals surface area contributed by atoms with Crippen LogP contribution < -0.4 is 0 Å². The summed E-state index contributed by atoms with van der Waals surface area (Å²) in [6, 6.07) is 0. The third-order valence-corrected chi connectivity index (χ3v) is 9.07. The predicted octanol–water partition coefficient (Wildman–Crippen LogP) is 2.86. The predicted molar refractivity (Wildman–Crippen MR) is 114 cm³/mol. The second kappa shape index (κ2) is 7.32. The lowest BCUT2D eigenvalue weighted by molar-refractivity contribution is -0.217. The number of hydrogen-bond donors (Lipinski definition) is 2. The normalized spacial score (nSPS) is 45.1. The highest BCUT2D eigenvalue weighted by atomic mass is 19.1. The van der Waals surface area contributed by atoms with Gasteiger partial charge in [-0.15, -0.1) is 0 Å². The molecule has 4 aliphatic carbocycles. The van der Waals surface area contributed by atoms with Crippen molar-refractivity contribution in [3.8, 4) is 0 Å². The molecule has 0 spiro atoms. The zero-order valence-corrected chi connectivity index (χ0v) is 19.2. The third kappa shape index (κ3) is 2.86. The Morgan fingerprint density at radius 3 is 2.59 bits per heavy atom. The third-order valence-electron chi connectivity index (χ3n) is 9.07. The molecule has 7 heteroatoms. The lowest BCUT2D eigenvalue weighted by Crippen LogP contribution is -2.69. The Morgan fingerprint density at radius 2 is 1.94 bits per heavy atom. The number of Topliss-reactive ketones (excluding diaryl/α,β-unsaturated/α-hetero) is 1. The fraction of sp³-hybridized carbons (Fsp3) is 0.720. The van der Waals surface area contributed by atoms with Crippen LogP contribution in [0.15, 0.2) is 23.8 Å². The van der Waals surface area contributed by atoms with Gasteiger partial charge in [0.25, 0.3) is 0 Å². The monoisotopic (exact) mass is 448 g/mol. The number of allylic oxidation sites excluding steroid dienone is 4. The van der Waals surface area contributed by atoms with Crippen LogP contribution in [0, 0.1) is 28.6 Å². The molecule has 0 heterocycles. The fourth-order valence-electron chi connectivity index (χ4n) is 7.10. The number of fused-ring (bicyclic) bond motifs is 5. The van der Waals surface area contributed by atoms with Crippen molar-refractivity contribution in [3.05, 3.63) is 23.8 Å². The number of ketones is 2. The standard InChI is InChI=1S/C25H33FO6/c1-14(2)21(30)32-13-20(29)24(31)10-8-17-18-6-5-15-11-16(27)7-9-22(15,3)25(18,26)19(28)12-23(17,24)4/h7,9,11,14,17-19,28,31H,5-6,8,10,12-13H2,1-4H3/t17-,18-,19-,22-,23-,24-,25-/m0/s1. The second-order valence-corrected chi connectivity index (χ2v) is 10.8. The highest BCUT2D eigenvalue weighted by Crippen LogP contribution is 2.69. The van der Waals surface area contributed by atoms with Gasteiger partial charge in [-0.2, -0.15) is 0 Å². The van der Waals surface area contributed by atoms with Gasteiger partial charge in [0.15, 0.2) is 18.1 Å². The summed E-state index contributed by atoms with van der Waals surface area (Å²) < 4.78 is 22.1. The number of aliphatic hydroxyl groups excluding tert-OH is 1. The first-order valence-electron chi connectivity index (χ1n) is 11.5. The zero-order valence-electron chi connectivity index (χ0n) is 19.2. The van der Waals surface area contributed by atoms with Crippen molar-refractivity contribution in [1.82, 2.24) is 0 Å². The van der Waals surface area contributed by atoms with Crippen molar-refractivity contribution >= 4 is 17.5 Å². The summed E-state index contributed by atoms with van der Waals surface area (Å²) >= 11 is 0. The van der Waals surface area contributed by atoms with Crippen molar-refractivity contribution in [2.75, 3.05) is 6.61 Å². The van der Waals surface area contributed by atoms with Crippen molar-refractivity contribution in [1.29, 1.82) is 0 Å². The van der Waals surface area contributed by atoms with Crippen LogP contribution in [0.5, 0.6) is 0 Å². The maximum absolute atomic E-state index is 17.0. The van der Waals surface area contributed by atoms with Gasteiger partial charge in [-0.3, -0.25) is 14.4 Å². The Morgan fingerprint density at radius 1 is 1.25 bits per heavy atom. The van der Waals surface area contributed by atoms with Crippen molar-refractivity contribution < 1.29 is 33.7 Å². The summed E-state index contributed by atoms with van der Waals surface area (Å²) in [5, 5.41) is 22.8. The molecule has 4 rings (SSSR count). The summed E-state index contributed by atoms with van der Waals surface area (Å²) in [6.07, 6.45) is 4.47. The SMILES string of the molecule is CC(C)C(=O)OCC(=O)[C@@]1(O)CC[C@H]2[C@@H]3CCC4=CC(=O)C=C[C@]4(C)[C@@]3(F)[C@@H](O)C[C@@]21C. The Hall–Kier alpha value is -1.86. The minimum atomic E-state index is -2.00. The molecule has 0 saturated heterocycles. The molecule has 0 aromatic rings. The van der Waals surface area contributed by atoms with E-state index in [2.05, 4.69) is 0 Å². The van der Waals surface area contributed by atoms with E-state index in [1.54, 1.807) is 33.8 Å². The molecule has 2 N–H and O–H groups in total. The van der Waals surface area contributed by atoms with E-state index in [9.17, 15) is 24.6 Å². The van der Waals surface area contributed by atoms with E-state index in [0.29, 0.717) is 24.8 Å². The van der Waals surface area contributed by atoms with Gasteiger partial charge in [0.2, 0.25) is 5.78 Å². The molecule has 32 heavy (non-hydrogen) atoms. The van der Waals surface area contributed by atoms with Gasteiger partial charge in [0.1, 0.15) is 5.60 Å². The van der Waals surface area contributed by atoms with Crippen LogP contribution in [0.1, 0.15) is 59.8 Å². The Balaban J connectivity index is 1.66. The molecule has 0 aromatic carbocycles. The molecule has 0 aromatic heterocycles. The van der Waals surface area contributed by atoms with Gasteiger partial charge in [-0.05, 0) is 57.1 Å². The minimum absolute atomic E-state index is 0.0876. The summed E-state index contributed by atoms with van der Waals surface area (Å²) in [5.41, 5.74) is -5.26. The smallest absolute Gasteiger partial charge is 0.308 e. The van der Waals surface area contributed by atoms with E-state index in [-0.39, 0.29) is 24.5 Å². The molecule has 4 aliphatic rings. The highest BCUT2D eigenvalue weighted by molar-refractivity contribution is 6.01. The Kier molecular flexibility index (Phi) is 5.33. The molecule has 0 aliphatic heterocycles. The van der Waals surface area contributed by atoms with E-state index in [1.165, 1.54) is 12.2 Å². The average Bonchev–Trinajstić information content (AvgIpc) is 2.99. The van der Waals surface area contributed by atoms with Gasteiger partial charge in [-0.1, -0.05) is 32.4 Å². The van der Waals surface area contributed by atoms with Crippen LogP contribution in [-0.2, 0) is 19.1 Å². The molecule has 0 amide bonds. The number of alkyl halides is 1. The lowest BCUT2D eigenvalue weighted by atomic mass is 9.44. The summed E-state index contributed by atoms with van der Waals surface area (Å²) in [7, 11) is 0. The van der Waals surface area contributed by atoms with E-state index in [0.717, 1.165) is 0 Å². The van der Waals surface area contributed by atoms with Crippen molar-refractivity contribution in [3.63, 3.8) is 0 Å². The number of esters is 1. The first-order valence-corrected chi connectivity index (χ1v) is 11.5. The Labute approximate surface area is 187 Å². The topological polar surface area (TPSA) is 101 Å². The van der Waals surface area contributed by atoms with E-state index < -0.39 is 58.4 Å². The quantitative estimate of drug-likeness (QED) is 0.642. The average molecular weight is 449 g/mol. The molecule has 176 valence electrons. The summed E-state index contributed by atoms with van der Waals surface area (Å²) in [5.74, 6) is -2.58. The van der Waals surface area contributed by atoms with Gasteiger partial charge >= 0.3 is 5.97 Å².